The first kappa shape index (κ1) is 13.5. The van der Waals surface area contributed by atoms with Gasteiger partial charge in [-0.1, -0.05) is 43.8 Å². The van der Waals surface area contributed by atoms with Crippen LogP contribution < -0.4 is 17.0 Å². The average Bonchev–Trinajstić information content (AvgIpc) is 2.72. The highest BCUT2D eigenvalue weighted by Gasteiger charge is 2.12. The molecule has 0 aliphatic rings. The van der Waals surface area contributed by atoms with Gasteiger partial charge < -0.3 is 12.4 Å². The van der Waals surface area contributed by atoms with Crippen LogP contribution in [0.3, 0.4) is 0 Å². The number of nitrogens with zero attached hydrogens (tertiary/aromatic N) is 2. The van der Waals surface area contributed by atoms with E-state index in [0.29, 0.717) is 0 Å². The van der Waals surface area contributed by atoms with Gasteiger partial charge in [0.2, 0.25) is 0 Å². The van der Waals surface area contributed by atoms with Crippen LogP contribution in [0.5, 0.6) is 0 Å². The predicted octanol–water partition coefficient (Wildman–Crippen LogP) is -0.509. The third-order valence-corrected chi connectivity index (χ3v) is 2.75. The molecule has 90 valence electrons. The Kier molecular flexibility index (Phi) is 4.98. The Morgan fingerprint density at radius 2 is 2.00 bits per heavy atom. The number of benzene rings is 1. The van der Waals surface area contributed by atoms with Crippen molar-refractivity contribution in [3.05, 3.63) is 60.7 Å². The summed E-state index contributed by atoms with van der Waals surface area (Å²) < 4.78 is 4.33. The summed E-state index contributed by atoms with van der Waals surface area (Å²) in [5.41, 5.74) is 1.32. The molecule has 0 aliphatic carbocycles. The highest BCUT2D eigenvalue weighted by molar-refractivity contribution is 5.18. The molecule has 0 amide bonds. The van der Waals surface area contributed by atoms with Crippen molar-refractivity contribution in [3.63, 3.8) is 0 Å². The van der Waals surface area contributed by atoms with Gasteiger partial charge in [0.25, 0.3) is 5.82 Å². The van der Waals surface area contributed by atoms with E-state index in [-0.39, 0.29) is 12.4 Å². The third-order valence-electron chi connectivity index (χ3n) is 2.75. The van der Waals surface area contributed by atoms with Gasteiger partial charge in [-0.2, -0.15) is 0 Å². The topological polar surface area (TPSA) is 8.81 Å². The van der Waals surface area contributed by atoms with Crippen molar-refractivity contribution in [2.45, 2.75) is 19.9 Å². The Morgan fingerprint density at radius 1 is 1.29 bits per heavy atom. The van der Waals surface area contributed by atoms with Gasteiger partial charge in [-0.3, -0.25) is 0 Å². The smallest absolute Gasteiger partial charge is 0.261 e. The van der Waals surface area contributed by atoms with E-state index < -0.39 is 0 Å². The molecule has 2 aromatic rings. The zero-order valence-electron chi connectivity index (χ0n) is 10.0. The fraction of sp³-hybridized carbons (Fsp3) is 0.214. The van der Waals surface area contributed by atoms with Crippen molar-refractivity contribution >= 4 is 6.20 Å². The maximum absolute atomic E-state index is 3.81. The number of halogens is 1. The lowest BCUT2D eigenvalue weighted by atomic mass is 10.2. The first-order valence-electron chi connectivity index (χ1n) is 5.60. The Labute approximate surface area is 109 Å². The number of rotatable bonds is 4. The molecule has 0 atom stereocenters. The van der Waals surface area contributed by atoms with Crippen LogP contribution in [0.2, 0.25) is 0 Å². The summed E-state index contributed by atoms with van der Waals surface area (Å²) >= 11 is 0. The largest absolute Gasteiger partial charge is 1.00 e. The van der Waals surface area contributed by atoms with Crippen molar-refractivity contribution in [1.29, 1.82) is 0 Å². The normalized spacial score (nSPS) is 9.71. The standard InChI is InChI=1S/C14H17N2.ClH/c1-3-14-15(4-2)10-11-16(14)12-13-8-6-5-7-9-13;/h4-11H,2-3,12H2,1H3;1H/q+1;/p-1. The lowest BCUT2D eigenvalue weighted by Crippen LogP contribution is -3.00. The van der Waals surface area contributed by atoms with Crippen LogP contribution in [-0.4, -0.2) is 4.57 Å². The van der Waals surface area contributed by atoms with Crippen LogP contribution >= 0.6 is 0 Å². The van der Waals surface area contributed by atoms with Crippen molar-refractivity contribution in [1.82, 2.24) is 4.57 Å². The van der Waals surface area contributed by atoms with Crippen LogP contribution in [0.1, 0.15) is 18.3 Å². The molecule has 3 heteroatoms. The summed E-state index contributed by atoms with van der Waals surface area (Å²) in [6.45, 7) is 6.89. The molecule has 17 heavy (non-hydrogen) atoms. The second kappa shape index (κ2) is 6.26. The van der Waals surface area contributed by atoms with Gasteiger partial charge in [-0.05, 0) is 5.56 Å². The monoisotopic (exact) mass is 248 g/mol. The highest BCUT2D eigenvalue weighted by Crippen LogP contribution is 2.01. The maximum Gasteiger partial charge on any atom is 0.261 e. The predicted molar refractivity (Wildman–Crippen MR) is 65.9 cm³/mol. The molecule has 0 unspecified atom stereocenters. The maximum atomic E-state index is 3.81. The van der Waals surface area contributed by atoms with Crippen LogP contribution in [0, 0.1) is 0 Å². The first-order valence-corrected chi connectivity index (χ1v) is 5.60. The molecule has 0 saturated carbocycles. The molecule has 0 saturated heterocycles. The number of imidazole rings is 1. The molecule has 0 spiro atoms. The Morgan fingerprint density at radius 3 is 2.59 bits per heavy atom. The third kappa shape index (κ3) is 2.98. The zero-order valence-corrected chi connectivity index (χ0v) is 10.8. The Balaban J connectivity index is 0.00000144. The van der Waals surface area contributed by atoms with Gasteiger partial charge in [0.15, 0.2) is 0 Å². The molecular weight excluding hydrogens is 232 g/mol. The highest BCUT2D eigenvalue weighted by atomic mass is 35.5. The minimum atomic E-state index is 0. The summed E-state index contributed by atoms with van der Waals surface area (Å²) in [4.78, 5) is 0. The van der Waals surface area contributed by atoms with Crippen molar-refractivity contribution in [2.75, 3.05) is 0 Å². The van der Waals surface area contributed by atoms with Crippen LogP contribution in [0.25, 0.3) is 6.20 Å². The SMILES string of the molecule is C=Cn1cc[n+](Cc2ccccc2)c1CC.[Cl-]. The van der Waals surface area contributed by atoms with E-state index >= 15 is 0 Å². The van der Waals surface area contributed by atoms with E-state index in [1.54, 1.807) is 0 Å². The van der Waals surface area contributed by atoms with Gasteiger partial charge in [0, 0.05) is 6.42 Å². The Hall–Kier alpha value is -1.54. The molecule has 0 aliphatic heterocycles. The lowest BCUT2D eigenvalue weighted by Gasteiger charge is -2.01. The summed E-state index contributed by atoms with van der Waals surface area (Å²) in [5.74, 6) is 1.28. The van der Waals surface area contributed by atoms with Gasteiger partial charge in [0.1, 0.15) is 18.9 Å². The quantitative estimate of drug-likeness (QED) is 0.645. The average molecular weight is 249 g/mol. The lowest BCUT2D eigenvalue weighted by molar-refractivity contribution is -0.694. The van der Waals surface area contributed by atoms with E-state index in [1.807, 2.05) is 12.3 Å². The van der Waals surface area contributed by atoms with Crippen molar-refractivity contribution in [2.24, 2.45) is 0 Å². The minimum absolute atomic E-state index is 0. The molecule has 0 fully saturated rings. The van der Waals surface area contributed by atoms with Crippen LogP contribution in [0.4, 0.5) is 0 Å². The van der Waals surface area contributed by atoms with Gasteiger partial charge >= 0.3 is 0 Å². The van der Waals surface area contributed by atoms with E-state index in [4.69, 9.17) is 0 Å². The number of aromatic nitrogens is 2. The van der Waals surface area contributed by atoms with Crippen molar-refractivity contribution in [3.8, 4) is 0 Å². The van der Waals surface area contributed by atoms with Crippen LogP contribution in [-0.2, 0) is 13.0 Å². The van der Waals surface area contributed by atoms with Gasteiger partial charge in [-0.15, -0.1) is 0 Å². The summed E-state index contributed by atoms with van der Waals surface area (Å²) in [6.07, 6.45) is 7.01. The van der Waals surface area contributed by atoms with E-state index in [9.17, 15) is 0 Å². The molecular formula is C14H17ClN2. The zero-order chi connectivity index (χ0) is 11.4. The van der Waals surface area contributed by atoms with Gasteiger partial charge in [-0.25, -0.2) is 9.13 Å². The summed E-state index contributed by atoms with van der Waals surface area (Å²) in [5, 5.41) is 0. The van der Waals surface area contributed by atoms with E-state index in [2.05, 4.69) is 59.3 Å². The van der Waals surface area contributed by atoms with Gasteiger partial charge in [0.05, 0.1) is 6.20 Å². The molecule has 1 aromatic heterocycles. The molecule has 2 nitrogen and oxygen atoms in total. The van der Waals surface area contributed by atoms with E-state index in [1.165, 1.54) is 11.4 Å². The van der Waals surface area contributed by atoms with E-state index in [0.717, 1.165) is 13.0 Å². The second-order valence-electron chi connectivity index (χ2n) is 3.77. The molecule has 0 bridgehead atoms. The summed E-state index contributed by atoms with van der Waals surface area (Å²) in [7, 11) is 0. The second-order valence-corrected chi connectivity index (χ2v) is 3.77. The van der Waals surface area contributed by atoms with Crippen molar-refractivity contribution < 1.29 is 17.0 Å². The molecule has 2 rings (SSSR count). The molecule has 0 N–H and O–H groups in total. The van der Waals surface area contributed by atoms with Crippen LogP contribution in [0.15, 0.2) is 49.3 Å². The fourth-order valence-corrected chi connectivity index (χ4v) is 1.95. The molecule has 1 aromatic carbocycles. The first-order chi connectivity index (χ1) is 7.85. The Bertz CT molecular complexity index is 474. The minimum Gasteiger partial charge on any atom is -1.00 e. The molecule has 0 radical (unpaired) electrons. The number of hydrogen-bond acceptors (Lipinski definition) is 0. The summed E-state index contributed by atoms with van der Waals surface area (Å²) in [6, 6.07) is 10.5. The molecule has 1 heterocycles. The number of hydrogen-bond donors (Lipinski definition) is 0. The fourth-order valence-electron chi connectivity index (χ4n) is 1.95.